The van der Waals surface area contributed by atoms with Crippen LogP contribution in [0.5, 0.6) is 0 Å². The molecule has 0 spiro atoms. The second kappa shape index (κ2) is 20.5. The summed E-state index contributed by atoms with van der Waals surface area (Å²) in [6.07, 6.45) is 30.2. The number of unbranched alkanes of at least 4 members (excludes halogenated alkanes) is 6. The molecule has 1 rings (SSSR count). The van der Waals surface area contributed by atoms with Crippen LogP contribution in [0.15, 0.2) is 53.5 Å². The Hall–Kier alpha value is -0.0957. The molecule has 0 N–H and O–H groups in total. The molecule has 3 heteroatoms. The van der Waals surface area contributed by atoms with E-state index in [1.807, 2.05) is 6.08 Å². The van der Waals surface area contributed by atoms with Gasteiger partial charge >= 0.3 is 0 Å². The van der Waals surface area contributed by atoms with Crippen LogP contribution in [0.4, 0.5) is 0 Å². The number of hydrogen-bond donors (Lipinski definition) is 0. The second-order valence-corrected chi connectivity index (χ2v) is 13.5. The van der Waals surface area contributed by atoms with Gasteiger partial charge in [0, 0.05) is 33.8 Å². The van der Waals surface area contributed by atoms with Crippen molar-refractivity contribution >= 4 is 7.05 Å². The van der Waals surface area contributed by atoms with Gasteiger partial charge in [-0.05, 0) is 56.3 Å². The fourth-order valence-corrected chi connectivity index (χ4v) is 7.69. The predicted octanol–water partition coefficient (Wildman–Crippen LogP) is 10.4. The van der Waals surface area contributed by atoms with Gasteiger partial charge in [0.2, 0.25) is 0 Å². The molecule has 0 fully saturated rings. The summed E-state index contributed by atoms with van der Waals surface area (Å²) >= 11 is 0. The van der Waals surface area contributed by atoms with Gasteiger partial charge < -0.3 is 0 Å². The van der Waals surface area contributed by atoms with Crippen molar-refractivity contribution in [2.24, 2.45) is 10.2 Å². The van der Waals surface area contributed by atoms with E-state index in [2.05, 4.69) is 72.4 Å². The Labute approximate surface area is 211 Å². The molecule has 1 aliphatic rings. The Morgan fingerprint density at radius 1 is 0.903 bits per heavy atom. The Morgan fingerprint density at radius 2 is 1.39 bits per heavy atom. The van der Waals surface area contributed by atoms with Crippen molar-refractivity contribution in [1.82, 2.24) is 0 Å². The molecule has 0 atom stereocenters. The fraction of sp³-hybridized carbons (Fsp3) is 0.714. The van der Waals surface area contributed by atoms with Crippen LogP contribution in [-0.2, 0) is 21.7 Å². The Bertz CT molecular complexity index is 545. The summed E-state index contributed by atoms with van der Waals surface area (Å²) in [6.45, 7) is 17.0. The minimum absolute atomic E-state index is 0. The van der Waals surface area contributed by atoms with E-state index in [0.29, 0.717) is 5.41 Å². The van der Waals surface area contributed by atoms with Gasteiger partial charge in [0.05, 0.1) is 0 Å². The van der Waals surface area contributed by atoms with Gasteiger partial charge in [-0.1, -0.05) is 117 Å². The molecule has 0 bridgehead atoms. The maximum Gasteiger partial charge on any atom is 0.0425 e. The molecule has 0 radical (unpaired) electrons. The zero-order valence-electron chi connectivity index (χ0n) is 21.8. The minimum atomic E-state index is -1.12. The topological polar surface area (TPSA) is 12.4 Å². The third-order valence-electron chi connectivity index (χ3n) is 5.36. The summed E-state index contributed by atoms with van der Waals surface area (Å²) in [6, 6.07) is 0. The van der Waals surface area contributed by atoms with Gasteiger partial charge in [-0.3, -0.25) is 4.74 Å². The molecule has 1 aliphatic carbocycles. The molecule has 0 aliphatic heterocycles. The SMILES string of the molecule is C=CC=CC(C)(C)C.CCCCCP(CCCCC)(CCCCC)=NC1=CC=CC1.[Ti]. The zero-order valence-corrected chi connectivity index (χ0v) is 24.2. The van der Waals surface area contributed by atoms with Gasteiger partial charge in [-0.25, -0.2) is 0 Å². The molecule has 0 amide bonds. The maximum atomic E-state index is 5.43. The number of allylic oxidation sites excluding steroid dienone is 6. The van der Waals surface area contributed by atoms with Crippen molar-refractivity contribution in [3.8, 4) is 0 Å². The molecule has 31 heavy (non-hydrogen) atoms. The van der Waals surface area contributed by atoms with Crippen molar-refractivity contribution < 1.29 is 21.7 Å². The van der Waals surface area contributed by atoms with Gasteiger partial charge in [-0.15, -0.1) is 0 Å². The fourth-order valence-electron chi connectivity index (χ4n) is 3.59. The Kier molecular flexibility index (Phi) is 21.9. The van der Waals surface area contributed by atoms with Crippen LogP contribution in [0.3, 0.4) is 0 Å². The van der Waals surface area contributed by atoms with Crippen molar-refractivity contribution in [3.05, 3.63) is 48.7 Å². The van der Waals surface area contributed by atoms with Gasteiger partial charge in [-0.2, -0.15) is 0 Å². The van der Waals surface area contributed by atoms with Crippen LogP contribution in [0, 0.1) is 5.41 Å². The van der Waals surface area contributed by atoms with E-state index in [1.165, 1.54) is 82.0 Å². The van der Waals surface area contributed by atoms with Crippen LogP contribution in [0.25, 0.3) is 0 Å². The van der Waals surface area contributed by atoms with Crippen LogP contribution < -0.4 is 0 Å². The van der Waals surface area contributed by atoms with Crippen LogP contribution in [-0.4, -0.2) is 18.5 Å². The quantitative estimate of drug-likeness (QED) is 0.101. The average molecular weight is 482 g/mol. The monoisotopic (exact) mass is 481 g/mol. The number of hydrogen-bond acceptors (Lipinski definition) is 1. The second-order valence-electron chi connectivity index (χ2n) is 9.74. The van der Waals surface area contributed by atoms with Gasteiger partial charge in [0.1, 0.15) is 0 Å². The van der Waals surface area contributed by atoms with E-state index in [0.717, 1.165) is 6.42 Å². The van der Waals surface area contributed by atoms with Crippen molar-refractivity contribution in [2.75, 3.05) is 18.5 Å². The molecule has 0 heterocycles. The first kappa shape index (κ1) is 33.1. The largest absolute Gasteiger partial charge is 0.272 e. The van der Waals surface area contributed by atoms with E-state index < -0.39 is 7.05 Å². The van der Waals surface area contributed by atoms with Crippen LogP contribution >= 0.6 is 7.05 Å². The van der Waals surface area contributed by atoms with E-state index in [9.17, 15) is 0 Å². The molecular formula is C28H52NPTi. The molecule has 178 valence electrons. The average Bonchev–Trinajstić information content (AvgIpc) is 3.20. The molecule has 0 unspecified atom stereocenters. The summed E-state index contributed by atoms with van der Waals surface area (Å²) < 4.78 is 5.43. The summed E-state index contributed by atoms with van der Waals surface area (Å²) in [5, 5.41) is 0. The standard InChI is InChI=1S/C20H38NP.C8H14.Ti/c1-4-7-12-17-22(18-13-8-5-2,19-14-9-6-3)21-20-15-10-11-16-20;1-5-6-7-8(2,3)4;/h10-11,15H,4-9,12-14,16-19H2,1-3H3;5-7H,1H2,2-4H3;. The van der Waals surface area contributed by atoms with E-state index in [4.69, 9.17) is 4.74 Å². The molecule has 0 aromatic carbocycles. The summed E-state index contributed by atoms with van der Waals surface area (Å²) in [7, 11) is -1.12. The number of nitrogens with zero attached hydrogens (tertiary/aromatic N) is 1. The first-order chi connectivity index (χ1) is 14.3. The van der Waals surface area contributed by atoms with Crippen LogP contribution in [0.2, 0.25) is 0 Å². The molecule has 0 saturated carbocycles. The smallest absolute Gasteiger partial charge is 0.0425 e. The van der Waals surface area contributed by atoms with Crippen molar-refractivity contribution in [3.63, 3.8) is 0 Å². The normalized spacial score (nSPS) is 13.4. The number of rotatable bonds is 14. The van der Waals surface area contributed by atoms with E-state index in [-0.39, 0.29) is 21.7 Å². The zero-order chi connectivity index (χ0) is 22.7. The van der Waals surface area contributed by atoms with E-state index >= 15 is 0 Å². The Morgan fingerprint density at radius 3 is 1.68 bits per heavy atom. The molecule has 1 nitrogen and oxygen atoms in total. The molecule has 0 aromatic rings. The minimum Gasteiger partial charge on any atom is -0.272 e. The molecule has 0 aromatic heterocycles. The van der Waals surface area contributed by atoms with Gasteiger partial charge in [0.15, 0.2) is 0 Å². The molecule has 0 saturated heterocycles. The van der Waals surface area contributed by atoms with Crippen molar-refractivity contribution in [1.29, 1.82) is 0 Å². The first-order valence-electron chi connectivity index (χ1n) is 12.6. The third-order valence-corrected chi connectivity index (χ3v) is 9.49. The maximum absolute atomic E-state index is 5.43. The summed E-state index contributed by atoms with van der Waals surface area (Å²) in [5.74, 6) is 0. The van der Waals surface area contributed by atoms with Gasteiger partial charge in [0.25, 0.3) is 0 Å². The van der Waals surface area contributed by atoms with Crippen LogP contribution in [0.1, 0.15) is 106 Å². The van der Waals surface area contributed by atoms with E-state index in [1.54, 1.807) is 6.08 Å². The third kappa shape index (κ3) is 19.1. The first-order valence-corrected chi connectivity index (χ1v) is 14.9. The molecular weight excluding hydrogens is 429 g/mol. The Balaban J connectivity index is 0. The summed E-state index contributed by atoms with van der Waals surface area (Å²) in [4.78, 5) is 0. The predicted molar refractivity (Wildman–Crippen MR) is 143 cm³/mol. The van der Waals surface area contributed by atoms with Crippen molar-refractivity contribution in [2.45, 2.75) is 106 Å². The summed E-state index contributed by atoms with van der Waals surface area (Å²) in [5.41, 5.74) is 1.67.